The highest BCUT2D eigenvalue weighted by atomic mass is 127. The van der Waals surface area contributed by atoms with Crippen LogP contribution in [-0.2, 0) is 16.0 Å². The molecule has 5 heteroatoms. The van der Waals surface area contributed by atoms with Gasteiger partial charge in [0.15, 0.2) is 0 Å². The molecule has 1 aromatic carbocycles. The lowest BCUT2D eigenvalue weighted by molar-refractivity contribution is -0.140. The number of methoxy groups -OCH3 is 1. The zero-order valence-corrected chi connectivity index (χ0v) is 10.8. The first-order valence-electron chi connectivity index (χ1n) is 4.68. The Labute approximate surface area is 106 Å². The summed E-state index contributed by atoms with van der Waals surface area (Å²) in [7, 11) is 1.31. The molecule has 1 rings (SSSR count). The van der Waals surface area contributed by atoms with E-state index in [0.717, 1.165) is 5.56 Å². The molecule has 0 unspecified atom stereocenters. The molecule has 0 N–H and O–H groups in total. The predicted molar refractivity (Wildman–Crippen MR) is 64.5 cm³/mol. The van der Waals surface area contributed by atoms with Crippen LogP contribution in [0.1, 0.15) is 24.0 Å². The van der Waals surface area contributed by atoms with Gasteiger partial charge in [-0.3, -0.25) is 4.79 Å². The summed E-state index contributed by atoms with van der Waals surface area (Å²) >= 11 is 1.88. The van der Waals surface area contributed by atoms with Gasteiger partial charge in [-0.2, -0.15) is 0 Å². The Hall–Kier alpha value is -0.720. The molecule has 0 aliphatic carbocycles. The van der Waals surface area contributed by atoms with Crippen LogP contribution in [0.5, 0.6) is 0 Å². The summed E-state index contributed by atoms with van der Waals surface area (Å²) in [4.78, 5) is 10.9. The standard InChI is InChI=1S/C11H11F2IO2/c1-16-9(15)6-5-7-3-2-4-8(10(7)14)11(12)13/h2-4,11H,5-6H2,1H3. The van der Waals surface area contributed by atoms with E-state index in [-0.39, 0.29) is 18.0 Å². The van der Waals surface area contributed by atoms with Crippen LogP contribution in [0.25, 0.3) is 0 Å². The van der Waals surface area contributed by atoms with Crippen LogP contribution in [0, 0.1) is 3.57 Å². The Morgan fingerprint density at radius 2 is 2.19 bits per heavy atom. The van der Waals surface area contributed by atoms with Crippen molar-refractivity contribution in [2.45, 2.75) is 19.3 Å². The topological polar surface area (TPSA) is 26.3 Å². The van der Waals surface area contributed by atoms with Crippen molar-refractivity contribution in [1.82, 2.24) is 0 Å². The molecule has 0 saturated heterocycles. The molecule has 0 aliphatic heterocycles. The molecule has 0 radical (unpaired) electrons. The van der Waals surface area contributed by atoms with E-state index in [9.17, 15) is 13.6 Å². The fraction of sp³-hybridized carbons (Fsp3) is 0.364. The summed E-state index contributed by atoms with van der Waals surface area (Å²) in [5, 5.41) is 0. The minimum absolute atomic E-state index is 0.0166. The zero-order valence-electron chi connectivity index (χ0n) is 8.67. The number of ether oxygens (including phenoxy) is 1. The first kappa shape index (κ1) is 13.3. The molecule has 0 aliphatic rings. The molecule has 16 heavy (non-hydrogen) atoms. The molecule has 0 atom stereocenters. The molecule has 0 aromatic heterocycles. The number of benzene rings is 1. The van der Waals surface area contributed by atoms with Gasteiger partial charge in [0.2, 0.25) is 0 Å². The monoisotopic (exact) mass is 340 g/mol. The van der Waals surface area contributed by atoms with E-state index >= 15 is 0 Å². The maximum Gasteiger partial charge on any atom is 0.305 e. The molecule has 0 saturated carbocycles. The Kier molecular flexibility index (Phi) is 5.11. The molecule has 0 spiro atoms. The van der Waals surface area contributed by atoms with Crippen molar-refractivity contribution in [3.8, 4) is 0 Å². The minimum atomic E-state index is -2.48. The predicted octanol–water partition coefficient (Wildman–Crippen LogP) is 3.33. The van der Waals surface area contributed by atoms with Gasteiger partial charge in [0.1, 0.15) is 0 Å². The second-order valence-electron chi connectivity index (χ2n) is 3.20. The number of alkyl halides is 2. The Balaban J connectivity index is 2.81. The number of rotatable bonds is 4. The summed E-state index contributed by atoms with van der Waals surface area (Å²) in [5.41, 5.74) is 0.770. The van der Waals surface area contributed by atoms with Gasteiger partial charge in [-0.25, -0.2) is 8.78 Å². The van der Waals surface area contributed by atoms with Crippen LogP contribution >= 0.6 is 22.6 Å². The van der Waals surface area contributed by atoms with Crippen LogP contribution < -0.4 is 0 Å². The van der Waals surface area contributed by atoms with Crippen LogP contribution in [-0.4, -0.2) is 13.1 Å². The molecule has 0 fully saturated rings. The lowest BCUT2D eigenvalue weighted by Crippen LogP contribution is -2.04. The van der Waals surface area contributed by atoms with Crippen molar-refractivity contribution >= 4 is 28.6 Å². The Bertz CT molecular complexity index is 380. The average molecular weight is 340 g/mol. The number of hydrogen-bond acceptors (Lipinski definition) is 2. The van der Waals surface area contributed by atoms with Crippen molar-refractivity contribution in [3.63, 3.8) is 0 Å². The number of hydrogen-bond donors (Lipinski definition) is 0. The van der Waals surface area contributed by atoms with E-state index in [1.807, 2.05) is 22.6 Å². The van der Waals surface area contributed by atoms with Crippen molar-refractivity contribution in [1.29, 1.82) is 0 Å². The van der Waals surface area contributed by atoms with E-state index < -0.39 is 6.43 Å². The Morgan fingerprint density at radius 1 is 1.50 bits per heavy atom. The fourth-order valence-corrected chi connectivity index (χ4v) is 2.16. The second kappa shape index (κ2) is 6.12. The van der Waals surface area contributed by atoms with Gasteiger partial charge >= 0.3 is 5.97 Å². The molecule has 88 valence electrons. The van der Waals surface area contributed by atoms with Gasteiger partial charge in [0, 0.05) is 15.6 Å². The number of aryl methyl sites for hydroxylation is 1. The van der Waals surface area contributed by atoms with Crippen LogP contribution in [0.4, 0.5) is 8.78 Å². The summed E-state index contributed by atoms with van der Waals surface area (Å²) in [6.07, 6.45) is -1.85. The van der Waals surface area contributed by atoms with E-state index in [1.54, 1.807) is 12.1 Å². The van der Waals surface area contributed by atoms with E-state index in [0.29, 0.717) is 9.99 Å². The summed E-state index contributed by atoms with van der Waals surface area (Å²) in [6, 6.07) is 4.72. The maximum atomic E-state index is 12.6. The third-order valence-electron chi connectivity index (χ3n) is 2.17. The lowest BCUT2D eigenvalue weighted by Gasteiger charge is -2.08. The number of halogens is 3. The highest BCUT2D eigenvalue weighted by Gasteiger charge is 2.14. The molecule has 1 aromatic rings. The fourth-order valence-electron chi connectivity index (χ4n) is 1.30. The summed E-state index contributed by atoms with van der Waals surface area (Å²) in [6.45, 7) is 0. The van der Waals surface area contributed by atoms with E-state index in [2.05, 4.69) is 4.74 Å². The smallest absolute Gasteiger partial charge is 0.305 e. The lowest BCUT2D eigenvalue weighted by atomic mass is 10.1. The third-order valence-corrected chi connectivity index (χ3v) is 3.49. The molecule has 0 heterocycles. The van der Waals surface area contributed by atoms with Gasteiger partial charge in [-0.1, -0.05) is 18.2 Å². The molecule has 2 nitrogen and oxygen atoms in total. The summed E-state index contributed by atoms with van der Waals surface area (Å²) < 4.78 is 30.2. The van der Waals surface area contributed by atoms with Crippen molar-refractivity contribution in [2.24, 2.45) is 0 Å². The van der Waals surface area contributed by atoms with Crippen LogP contribution in [0.15, 0.2) is 18.2 Å². The minimum Gasteiger partial charge on any atom is -0.469 e. The van der Waals surface area contributed by atoms with Gasteiger partial charge in [-0.15, -0.1) is 0 Å². The van der Waals surface area contributed by atoms with Crippen LogP contribution in [0.2, 0.25) is 0 Å². The highest BCUT2D eigenvalue weighted by molar-refractivity contribution is 14.1. The summed E-state index contributed by atoms with van der Waals surface area (Å²) in [5.74, 6) is -0.335. The first-order valence-corrected chi connectivity index (χ1v) is 5.76. The number of carbonyl (C=O) groups is 1. The van der Waals surface area contributed by atoms with Crippen LogP contribution in [0.3, 0.4) is 0 Å². The molecular formula is C11H11F2IO2. The number of carbonyl (C=O) groups excluding carboxylic acids is 1. The van der Waals surface area contributed by atoms with Gasteiger partial charge < -0.3 is 4.74 Å². The average Bonchev–Trinajstić information content (AvgIpc) is 2.26. The molecular weight excluding hydrogens is 329 g/mol. The SMILES string of the molecule is COC(=O)CCc1cccc(C(F)F)c1I. The van der Waals surface area contributed by atoms with E-state index in [4.69, 9.17) is 0 Å². The number of esters is 1. The largest absolute Gasteiger partial charge is 0.469 e. The Morgan fingerprint density at radius 3 is 2.75 bits per heavy atom. The van der Waals surface area contributed by atoms with Crippen molar-refractivity contribution < 1.29 is 18.3 Å². The van der Waals surface area contributed by atoms with Gasteiger partial charge in [0.05, 0.1) is 7.11 Å². The van der Waals surface area contributed by atoms with E-state index in [1.165, 1.54) is 13.2 Å². The van der Waals surface area contributed by atoms with Gasteiger partial charge in [0.25, 0.3) is 6.43 Å². The molecule has 0 amide bonds. The van der Waals surface area contributed by atoms with Crippen molar-refractivity contribution in [2.75, 3.05) is 7.11 Å². The first-order chi connectivity index (χ1) is 7.56. The quantitative estimate of drug-likeness (QED) is 0.621. The normalized spacial score (nSPS) is 10.6. The maximum absolute atomic E-state index is 12.6. The zero-order chi connectivity index (χ0) is 12.1. The molecule has 0 bridgehead atoms. The third kappa shape index (κ3) is 3.40. The highest BCUT2D eigenvalue weighted by Crippen LogP contribution is 2.27. The van der Waals surface area contributed by atoms with Crippen molar-refractivity contribution in [3.05, 3.63) is 32.9 Å². The van der Waals surface area contributed by atoms with Gasteiger partial charge in [-0.05, 0) is 34.6 Å². The second-order valence-corrected chi connectivity index (χ2v) is 4.28.